The summed E-state index contributed by atoms with van der Waals surface area (Å²) in [6, 6.07) is 11.5. The van der Waals surface area contributed by atoms with Crippen molar-refractivity contribution in [1.29, 1.82) is 0 Å². The number of hydrogen-bond donors (Lipinski definition) is 1. The van der Waals surface area contributed by atoms with Gasteiger partial charge in [0.05, 0.1) is 24.4 Å². The molecule has 0 saturated heterocycles. The van der Waals surface area contributed by atoms with E-state index in [2.05, 4.69) is 10.3 Å². The van der Waals surface area contributed by atoms with Crippen molar-refractivity contribution in [2.45, 2.75) is 6.92 Å². The van der Waals surface area contributed by atoms with Crippen molar-refractivity contribution >= 4 is 39.2 Å². The summed E-state index contributed by atoms with van der Waals surface area (Å²) < 4.78 is 11.6. The van der Waals surface area contributed by atoms with Crippen LogP contribution in [0.4, 0.5) is 5.69 Å². The van der Waals surface area contributed by atoms with Gasteiger partial charge >= 0.3 is 0 Å². The van der Waals surface area contributed by atoms with Gasteiger partial charge in [-0.25, -0.2) is 4.98 Å². The molecular formula is C19H18N2O3S. The molecule has 2 aromatic carbocycles. The Labute approximate surface area is 149 Å². The van der Waals surface area contributed by atoms with Crippen molar-refractivity contribution in [2.75, 3.05) is 19.5 Å². The van der Waals surface area contributed by atoms with Crippen LogP contribution in [0.25, 0.3) is 16.3 Å². The average molecular weight is 354 g/mol. The van der Waals surface area contributed by atoms with E-state index in [9.17, 15) is 4.79 Å². The lowest BCUT2D eigenvalue weighted by molar-refractivity contribution is -0.111. The summed E-state index contributed by atoms with van der Waals surface area (Å²) in [5.41, 5.74) is 2.50. The monoisotopic (exact) mass is 354 g/mol. The number of nitrogens with zero attached hydrogens (tertiary/aromatic N) is 1. The predicted octanol–water partition coefficient (Wildman–Crippen LogP) is 4.27. The van der Waals surface area contributed by atoms with Crippen LogP contribution >= 0.6 is 11.3 Å². The number of carbonyl (C=O) groups excluding carboxylic acids is 1. The van der Waals surface area contributed by atoms with Crippen LogP contribution in [0.1, 0.15) is 10.6 Å². The number of thiazole rings is 1. The van der Waals surface area contributed by atoms with Gasteiger partial charge in [0.15, 0.2) is 11.5 Å². The predicted molar refractivity (Wildman–Crippen MR) is 102 cm³/mol. The van der Waals surface area contributed by atoms with Crippen molar-refractivity contribution in [3.05, 3.63) is 53.0 Å². The molecule has 0 bridgehead atoms. The van der Waals surface area contributed by atoms with Gasteiger partial charge in [0.2, 0.25) is 5.91 Å². The summed E-state index contributed by atoms with van der Waals surface area (Å²) in [5.74, 6) is 0.969. The highest BCUT2D eigenvalue weighted by Gasteiger charge is 2.10. The van der Waals surface area contributed by atoms with E-state index in [1.54, 1.807) is 37.7 Å². The topological polar surface area (TPSA) is 60.5 Å². The first-order valence-corrected chi connectivity index (χ1v) is 8.49. The SMILES string of the molecule is COc1cc(C)c(NC(=O)C=Cc2nc3ccccc3s2)cc1OC. The molecule has 0 radical (unpaired) electrons. The first-order chi connectivity index (χ1) is 12.1. The Balaban J connectivity index is 1.75. The smallest absolute Gasteiger partial charge is 0.248 e. The number of nitrogens with one attached hydrogen (secondary N) is 1. The van der Waals surface area contributed by atoms with Gasteiger partial charge in [0.25, 0.3) is 0 Å². The Hall–Kier alpha value is -2.86. The van der Waals surface area contributed by atoms with Crippen molar-refractivity contribution in [1.82, 2.24) is 4.98 Å². The molecule has 0 fully saturated rings. The number of ether oxygens (including phenoxy) is 2. The third-order valence-corrected chi connectivity index (χ3v) is 4.68. The quantitative estimate of drug-likeness (QED) is 0.695. The highest BCUT2D eigenvalue weighted by molar-refractivity contribution is 7.19. The van der Waals surface area contributed by atoms with E-state index in [0.717, 1.165) is 20.8 Å². The number of para-hydroxylation sites is 1. The molecule has 1 aromatic heterocycles. The fourth-order valence-corrected chi connectivity index (χ4v) is 3.27. The van der Waals surface area contributed by atoms with Crippen LogP contribution in [0.2, 0.25) is 0 Å². The lowest BCUT2D eigenvalue weighted by Gasteiger charge is -2.12. The summed E-state index contributed by atoms with van der Waals surface area (Å²) in [4.78, 5) is 16.7. The molecular weight excluding hydrogens is 336 g/mol. The van der Waals surface area contributed by atoms with E-state index in [1.165, 1.54) is 6.08 Å². The Bertz CT molecular complexity index is 914. The molecule has 1 heterocycles. The minimum atomic E-state index is -0.227. The number of carbonyl (C=O) groups is 1. The van der Waals surface area contributed by atoms with E-state index in [1.807, 2.05) is 37.3 Å². The molecule has 0 spiro atoms. The van der Waals surface area contributed by atoms with Gasteiger partial charge in [-0.1, -0.05) is 12.1 Å². The van der Waals surface area contributed by atoms with Gasteiger partial charge in [-0.2, -0.15) is 0 Å². The van der Waals surface area contributed by atoms with Gasteiger partial charge in [0.1, 0.15) is 5.01 Å². The molecule has 1 N–H and O–H groups in total. The maximum atomic E-state index is 12.2. The summed E-state index contributed by atoms with van der Waals surface area (Å²) in [5, 5.41) is 3.65. The molecule has 0 saturated carbocycles. The van der Waals surface area contributed by atoms with Gasteiger partial charge in [-0.15, -0.1) is 11.3 Å². The normalized spacial score (nSPS) is 11.0. The minimum absolute atomic E-state index is 0.227. The standard InChI is InChI=1S/C19H18N2O3S/c1-12-10-15(23-2)16(24-3)11-14(12)20-18(22)8-9-19-21-13-6-4-5-7-17(13)25-19/h4-11H,1-3H3,(H,20,22). The maximum absolute atomic E-state index is 12.2. The van der Waals surface area contributed by atoms with Crippen LogP contribution in [0.15, 0.2) is 42.5 Å². The molecule has 0 aliphatic rings. The zero-order chi connectivity index (χ0) is 17.8. The zero-order valence-electron chi connectivity index (χ0n) is 14.2. The largest absolute Gasteiger partial charge is 0.493 e. The second-order valence-electron chi connectivity index (χ2n) is 5.36. The first kappa shape index (κ1) is 17.0. The van der Waals surface area contributed by atoms with Crippen LogP contribution in [0.3, 0.4) is 0 Å². The van der Waals surface area contributed by atoms with Crippen LogP contribution in [-0.2, 0) is 4.79 Å². The van der Waals surface area contributed by atoms with E-state index in [-0.39, 0.29) is 5.91 Å². The number of aromatic nitrogens is 1. The lowest BCUT2D eigenvalue weighted by Crippen LogP contribution is -2.09. The maximum Gasteiger partial charge on any atom is 0.248 e. The van der Waals surface area contributed by atoms with Gasteiger partial charge in [-0.3, -0.25) is 4.79 Å². The molecule has 25 heavy (non-hydrogen) atoms. The van der Waals surface area contributed by atoms with Crippen LogP contribution in [0, 0.1) is 6.92 Å². The zero-order valence-corrected chi connectivity index (χ0v) is 15.0. The Morgan fingerprint density at radius 2 is 1.88 bits per heavy atom. The van der Waals surface area contributed by atoms with E-state index in [4.69, 9.17) is 9.47 Å². The fourth-order valence-electron chi connectivity index (χ4n) is 2.40. The highest BCUT2D eigenvalue weighted by atomic mass is 32.1. The fraction of sp³-hybridized carbons (Fsp3) is 0.158. The second-order valence-corrected chi connectivity index (χ2v) is 6.43. The number of anilines is 1. The molecule has 0 aliphatic heterocycles. The molecule has 0 atom stereocenters. The summed E-state index contributed by atoms with van der Waals surface area (Å²) in [6.07, 6.45) is 3.20. The van der Waals surface area contributed by atoms with Crippen molar-refractivity contribution in [2.24, 2.45) is 0 Å². The van der Waals surface area contributed by atoms with E-state index >= 15 is 0 Å². The van der Waals surface area contributed by atoms with Crippen LogP contribution in [-0.4, -0.2) is 25.1 Å². The summed E-state index contributed by atoms with van der Waals surface area (Å²) >= 11 is 1.55. The van der Waals surface area contributed by atoms with Gasteiger partial charge in [-0.05, 0) is 36.8 Å². The first-order valence-electron chi connectivity index (χ1n) is 7.68. The molecule has 1 amide bonds. The summed E-state index contributed by atoms with van der Waals surface area (Å²) in [6.45, 7) is 1.90. The average Bonchev–Trinajstić information content (AvgIpc) is 3.04. The van der Waals surface area contributed by atoms with Crippen LogP contribution < -0.4 is 14.8 Å². The molecule has 3 rings (SSSR count). The number of benzene rings is 2. The molecule has 128 valence electrons. The minimum Gasteiger partial charge on any atom is -0.493 e. The van der Waals surface area contributed by atoms with E-state index < -0.39 is 0 Å². The van der Waals surface area contributed by atoms with Gasteiger partial charge in [0, 0.05) is 17.8 Å². The molecule has 3 aromatic rings. The third kappa shape index (κ3) is 3.80. The number of fused-ring (bicyclic) bond motifs is 1. The lowest BCUT2D eigenvalue weighted by atomic mass is 10.1. The molecule has 0 aliphatic carbocycles. The number of hydrogen-bond acceptors (Lipinski definition) is 5. The molecule has 0 unspecified atom stereocenters. The molecule has 5 nitrogen and oxygen atoms in total. The highest BCUT2D eigenvalue weighted by Crippen LogP contribution is 2.32. The van der Waals surface area contributed by atoms with Crippen molar-refractivity contribution < 1.29 is 14.3 Å². The Morgan fingerprint density at radius 3 is 2.60 bits per heavy atom. The number of amides is 1. The number of aryl methyl sites for hydroxylation is 1. The van der Waals surface area contributed by atoms with Crippen LogP contribution in [0.5, 0.6) is 11.5 Å². The third-order valence-electron chi connectivity index (χ3n) is 3.68. The Kier molecular flexibility index (Phi) is 5.00. The van der Waals surface area contributed by atoms with Gasteiger partial charge < -0.3 is 14.8 Å². The second kappa shape index (κ2) is 7.36. The van der Waals surface area contributed by atoms with Crippen molar-refractivity contribution in [3.63, 3.8) is 0 Å². The summed E-state index contributed by atoms with van der Waals surface area (Å²) in [7, 11) is 3.14. The molecule has 6 heteroatoms. The number of rotatable bonds is 5. The number of methoxy groups -OCH3 is 2. The van der Waals surface area contributed by atoms with E-state index in [0.29, 0.717) is 17.2 Å². The Morgan fingerprint density at radius 1 is 1.16 bits per heavy atom. The van der Waals surface area contributed by atoms with Crippen molar-refractivity contribution in [3.8, 4) is 11.5 Å².